The quantitative estimate of drug-likeness (QED) is 0.715. The summed E-state index contributed by atoms with van der Waals surface area (Å²) in [7, 11) is -7.73. The van der Waals surface area contributed by atoms with Gasteiger partial charge in [0.25, 0.3) is 20.0 Å². The molecule has 0 N–H and O–H groups in total. The second-order valence-corrected chi connectivity index (χ2v) is 9.39. The third-order valence-electron chi connectivity index (χ3n) is 4.03. The fraction of sp³-hybridized carbons (Fsp3) is 0.100. The molecule has 0 bridgehead atoms. The van der Waals surface area contributed by atoms with Crippen LogP contribution in [0.4, 0.5) is 0 Å². The highest BCUT2D eigenvalue weighted by Crippen LogP contribution is 2.20. The van der Waals surface area contributed by atoms with Crippen LogP contribution in [0.3, 0.4) is 0 Å². The van der Waals surface area contributed by atoms with E-state index in [4.69, 9.17) is 0 Å². The maximum absolute atomic E-state index is 12.5. The maximum atomic E-state index is 12.5. The van der Waals surface area contributed by atoms with Crippen molar-refractivity contribution in [2.75, 3.05) is 0 Å². The SMILES string of the molecule is CC1=CC(=N\S(=O)(=O)c2ccccc2)/C(C)=CC/1=N\S(=O)(=O)c1ccccc1. The molecule has 144 valence electrons. The number of nitrogens with zero attached hydrogens (tertiary/aromatic N) is 2. The van der Waals surface area contributed by atoms with Crippen LogP contribution < -0.4 is 0 Å². The molecule has 28 heavy (non-hydrogen) atoms. The molecular formula is C20H18N2O4S2. The minimum atomic E-state index is -3.87. The van der Waals surface area contributed by atoms with Crippen molar-refractivity contribution in [2.24, 2.45) is 8.80 Å². The molecule has 0 radical (unpaired) electrons. The van der Waals surface area contributed by atoms with Crippen LogP contribution in [-0.4, -0.2) is 28.3 Å². The lowest BCUT2D eigenvalue weighted by molar-refractivity contribution is 0.596. The summed E-state index contributed by atoms with van der Waals surface area (Å²) in [6.45, 7) is 3.32. The summed E-state index contributed by atoms with van der Waals surface area (Å²) in [5.74, 6) is 0. The Morgan fingerprint density at radius 1 is 0.571 bits per heavy atom. The minimum absolute atomic E-state index is 0.0903. The van der Waals surface area contributed by atoms with E-state index in [1.165, 1.54) is 36.4 Å². The highest BCUT2D eigenvalue weighted by Gasteiger charge is 2.20. The molecule has 0 amide bonds. The van der Waals surface area contributed by atoms with Crippen molar-refractivity contribution in [2.45, 2.75) is 23.6 Å². The van der Waals surface area contributed by atoms with E-state index in [1.807, 2.05) is 0 Å². The molecule has 3 rings (SSSR count). The fourth-order valence-corrected chi connectivity index (χ4v) is 4.66. The molecule has 8 heteroatoms. The second kappa shape index (κ2) is 7.65. The Balaban J connectivity index is 1.99. The highest BCUT2D eigenvalue weighted by atomic mass is 32.2. The Morgan fingerprint density at radius 2 is 0.893 bits per heavy atom. The number of hydrogen-bond acceptors (Lipinski definition) is 4. The molecule has 0 saturated carbocycles. The molecule has 2 aromatic rings. The molecule has 6 nitrogen and oxygen atoms in total. The summed E-state index contributed by atoms with van der Waals surface area (Å²) >= 11 is 0. The third kappa shape index (κ3) is 4.35. The summed E-state index contributed by atoms with van der Waals surface area (Å²) in [5.41, 5.74) is 1.51. The summed E-state index contributed by atoms with van der Waals surface area (Å²) in [6.07, 6.45) is 3.05. The van der Waals surface area contributed by atoms with Gasteiger partial charge in [-0.25, -0.2) is 0 Å². The van der Waals surface area contributed by atoms with E-state index in [-0.39, 0.29) is 21.2 Å². The van der Waals surface area contributed by atoms with E-state index < -0.39 is 20.0 Å². The average molecular weight is 415 g/mol. The van der Waals surface area contributed by atoms with Crippen molar-refractivity contribution >= 4 is 31.5 Å². The van der Waals surface area contributed by atoms with Crippen LogP contribution in [0, 0.1) is 0 Å². The van der Waals surface area contributed by atoms with E-state index in [9.17, 15) is 16.8 Å². The fourth-order valence-electron chi connectivity index (χ4n) is 2.53. The van der Waals surface area contributed by atoms with Gasteiger partial charge in [-0.1, -0.05) is 36.4 Å². The van der Waals surface area contributed by atoms with Gasteiger partial charge in [0.15, 0.2) is 0 Å². The summed E-state index contributed by atoms with van der Waals surface area (Å²) < 4.78 is 57.7. The van der Waals surface area contributed by atoms with Gasteiger partial charge >= 0.3 is 0 Å². The molecule has 0 aromatic heterocycles. The molecule has 0 aliphatic heterocycles. The Labute approximate surface area is 164 Å². The van der Waals surface area contributed by atoms with Gasteiger partial charge in [-0.05, 0) is 61.4 Å². The van der Waals surface area contributed by atoms with Gasteiger partial charge in [-0.3, -0.25) is 0 Å². The molecule has 0 atom stereocenters. The molecule has 1 aliphatic rings. The van der Waals surface area contributed by atoms with Crippen molar-refractivity contribution in [3.05, 3.63) is 84.0 Å². The van der Waals surface area contributed by atoms with Crippen molar-refractivity contribution in [3.8, 4) is 0 Å². The molecule has 0 saturated heterocycles. The largest absolute Gasteiger partial charge is 0.282 e. The first-order chi connectivity index (χ1) is 13.2. The molecule has 1 aliphatic carbocycles. The van der Waals surface area contributed by atoms with Crippen LogP contribution in [0.5, 0.6) is 0 Å². The van der Waals surface area contributed by atoms with Crippen LogP contribution in [0.15, 0.2) is 103 Å². The van der Waals surface area contributed by atoms with Gasteiger partial charge in [0.1, 0.15) is 0 Å². The molecule has 0 fully saturated rings. The second-order valence-electron chi connectivity index (χ2n) is 6.18. The van der Waals surface area contributed by atoms with Gasteiger partial charge in [0.2, 0.25) is 0 Å². The summed E-state index contributed by atoms with van der Waals surface area (Å²) in [6, 6.07) is 15.8. The number of hydrogen-bond donors (Lipinski definition) is 0. The normalized spacial score (nSPS) is 18.1. The molecule has 0 unspecified atom stereocenters. The smallest absolute Gasteiger partial charge is 0.199 e. The Bertz CT molecular complexity index is 1120. The molecule has 0 spiro atoms. The zero-order chi connectivity index (χ0) is 20.4. The maximum Gasteiger partial charge on any atom is 0.282 e. The van der Waals surface area contributed by atoms with Gasteiger partial charge in [0.05, 0.1) is 21.2 Å². The topological polar surface area (TPSA) is 93.0 Å². The van der Waals surface area contributed by atoms with Gasteiger partial charge < -0.3 is 0 Å². The van der Waals surface area contributed by atoms with Crippen LogP contribution >= 0.6 is 0 Å². The van der Waals surface area contributed by atoms with Gasteiger partial charge in [0, 0.05) is 0 Å². The molecular weight excluding hydrogens is 396 g/mol. The molecule has 2 aromatic carbocycles. The Hall–Kier alpha value is -2.84. The first kappa shape index (κ1) is 19.9. The van der Waals surface area contributed by atoms with E-state index in [0.717, 1.165) is 0 Å². The predicted molar refractivity (Wildman–Crippen MR) is 110 cm³/mol. The standard InChI is InChI=1S/C20H18N2O4S2/c1-15-13-20(22-28(25,26)18-11-7-4-8-12-18)16(2)14-19(15)21-27(23,24)17-9-5-3-6-10-17/h3-14H,1-2H3/b21-19+,22-20+. The number of benzene rings is 2. The molecule has 0 heterocycles. The first-order valence-electron chi connectivity index (χ1n) is 8.36. The first-order valence-corrected chi connectivity index (χ1v) is 11.2. The predicted octanol–water partition coefficient (Wildman–Crippen LogP) is 3.55. The van der Waals surface area contributed by atoms with E-state index in [2.05, 4.69) is 8.80 Å². The van der Waals surface area contributed by atoms with E-state index in [0.29, 0.717) is 11.1 Å². The van der Waals surface area contributed by atoms with E-state index in [1.54, 1.807) is 50.2 Å². The third-order valence-corrected chi connectivity index (χ3v) is 6.64. The zero-order valence-corrected chi connectivity index (χ0v) is 16.9. The average Bonchev–Trinajstić information content (AvgIpc) is 2.67. The Kier molecular flexibility index (Phi) is 5.44. The zero-order valence-electron chi connectivity index (χ0n) is 15.3. The number of allylic oxidation sites excluding steroid dienone is 4. The summed E-state index contributed by atoms with van der Waals surface area (Å²) in [4.78, 5) is 0.181. The van der Waals surface area contributed by atoms with Crippen molar-refractivity contribution < 1.29 is 16.8 Å². The van der Waals surface area contributed by atoms with Crippen LogP contribution in [0.1, 0.15) is 13.8 Å². The lowest BCUT2D eigenvalue weighted by atomic mass is 9.98. The van der Waals surface area contributed by atoms with Gasteiger partial charge in [-0.15, -0.1) is 0 Å². The van der Waals surface area contributed by atoms with Crippen LogP contribution in [0.25, 0.3) is 0 Å². The monoisotopic (exact) mass is 414 g/mol. The van der Waals surface area contributed by atoms with Crippen molar-refractivity contribution in [3.63, 3.8) is 0 Å². The van der Waals surface area contributed by atoms with Crippen molar-refractivity contribution in [1.82, 2.24) is 0 Å². The van der Waals surface area contributed by atoms with Crippen molar-refractivity contribution in [1.29, 1.82) is 0 Å². The van der Waals surface area contributed by atoms with Crippen LogP contribution in [0.2, 0.25) is 0 Å². The van der Waals surface area contributed by atoms with Crippen LogP contribution in [-0.2, 0) is 20.0 Å². The number of sulfonamides is 2. The van der Waals surface area contributed by atoms with E-state index >= 15 is 0 Å². The number of rotatable bonds is 4. The minimum Gasteiger partial charge on any atom is -0.199 e. The Morgan fingerprint density at radius 3 is 1.21 bits per heavy atom. The highest BCUT2D eigenvalue weighted by molar-refractivity contribution is 7.90. The van der Waals surface area contributed by atoms with Gasteiger partial charge in [-0.2, -0.15) is 25.6 Å². The lowest BCUT2D eigenvalue weighted by Gasteiger charge is -2.13. The lowest BCUT2D eigenvalue weighted by Crippen LogP contribution is -2.14. The summed E-state index contributed by atoms with van der Waals surface area (Å²) in [5, 5.41) is 0.